The molecule has 1 unspecified atom stereocenters. The molecule has 0 aliphatic carbocycles. The predicted molar refractivity (Wildman–Crippen MR) is 80.6 cm³/mol. The van der Waals surface area contributed by atoms with Gasteiger partial charge >= 0.3 is 12.0 Å². The highest BCUT2D eigenvalue weighted by molar-refractivity contribution is 9.10. The van der Waals surface area contributed by atoms with Gasteiger partial charge in [-0.25, -0.2) is 4.79 Å². The van der Waals surface area contributed by atoms with Crippen LogP contribution in [0.25, 0.3) is 0 Å². The van der Waals surface area contributed by atoms with Gasteiger partial charge in [-0.2, -0.15) is 0 Å². The normalized spacial score (nSPS) is 13.1. The lowest BCUT2D eigenvalue weighted by molar-refractivity contribution is -0.141. The Bertz CT molecular complexity index is 533. The largest absolute Gasteiger partial charge is 0.496 e. The van der Waals surface area contributed by atoms with Crippen molar-refractivity contribution in [3.8, 4) is 5.75 Å². The van der Waals surface area contributed by atoms with E-state index in [4.69, 9.17) is 9.84 Å². The highest BCUT2D eigenvalue weighted by Gasteiger charge is 2.24. The van der Waals surface area contributed by atoms with E-state index >= 15 is 0 Å². The van der Waals surface area contributed by atoms with Gasteiger partial charge in [-0.15, -0.1) is 0 Å². The Morgan fingerprint density at radius 1 is 1.43 bits per heavy atom. The summed E-state index contributed by atoms with van der Waals surface area (Å²) in [5.74, 6) is -0.508. The summed E-state index contributed by atoms with van der Waals surface area (Å²) in [7, 11) is 1.53. The molecule has 1 rings (SSSR count). The van der Waals surface area contributed by atoms with Crippen LogP contribution < -0.4 is 15.4 Å². The van der Waals surface area contributed by atoms with E-state index in [0.717, 1.165) is 0 Å². The third kappa shape index (κ3) is 6.01. The van der Waals surface area contributed by atoms with Gasteiger partial charge in [0.05, 0.1) is 23.6 Å². The Morgan fingerprint density at radius 2 is 2.10 bits per heavy atom. The van der Waals surface area contributed by atoms with Crippen LogP contribution in [0.1, 0.15) is 13.3 Å². The fourth-order valence-corrected chi connectivity index (χ4v) is 2.12. The Hall–Kier alpha value is -1.80. The van der Waals surface area contributed by atoms with E-state index in [1.807, 2.05) is 0 Å². The van der Waals surface area contributed by atoms with Crippen molar-refractivity contribution in [1.82, 2.24) is 5.32 Å². The molecule has 1 aromatic carbocycles. The number of amides is 2. The summed E-state index contributed by atoms with van der Waals surface area (Å²) in [4.78, 5) is 22.2. The lowest BCUT2D eigenvalue weighted by Gasteiger charge is -2.21. The number of urea groups is 1. The molecule has 0 saturated heterocycles. The second kappa shape index (κ2) is 7.28. The van der Waals surface area contributed by atoms with Gasteiger partial charge in [0.2, 0.25) is 0 Å². The zero-order chi connectivity index (χ0) is 16.0. The number of carboxylic acid groups (broad SMARTS) is 1. The molecule has 0 heterocycles. The average molecular weight is 361 g/mol. The van der Waals surface area contributed by atoms with Crippen molar-refractivity contribution >= 4 is 33.6 Å². The van der Waals surface area contributed by atoms with Crippen LogP contribution in [0.5, 0.6) is 5.75 Å². The summed E-state index contributed by atoms with van der Waals surface area (Å²) in [6.07, 6.45) is -0.457. The molecular weight excluding hydrogens is 344 g/mol. The van der Waals surface area contributed by atoms with Gasteiger partial charge in [-0.1, -0.05) is 0 Å². The van der Waals surface area contributed by atoms with Crippen molar-refractivity contribution in [3.63, 3.8) is 0 Å². The van der Waals surface area contributed by atoms with E-state index in [1.165, 1.54) is 14.0 Å². The summed E-state index contributed by atoms with van der Waals surface area (Å²) in [6.45, 7) is 1.16. The maximum atomic E-state index is 11.7. The number of methoxy groups -OCH3 is 1. The zero-order valence-electron chi connectivity index (χ0n) is 11.6. The molecule has 7 nitrogen and oxygen atoms in total. The number of aliphatic hydroxyl groups is 1. The molecule has 1 atom stereocenters. The number of hydrogen-bond donors (Lipinski definition) is 4. The Morgan fingerprint density at radius 3 is 2.62 bits per heavy atom. The van der Waals surface area contributed by atoms with E-state index < -0.39 is 24.0 Å². The Balaban J connectivity index is 2.54. The van der Waals surface area contributed by atoms with E-state index in [9.17, 15) is 14.7 Å². The van der Waals surface area contributed by atoms with Gasteiger partial charge in [0.15, 0.2) is 0 Å². The topological polar surface area (TPSA) is 108 Å². The highest BCUT2D eigenvalue weighted by atomic mass is 79.9. The molecular formula is C13H17BrN2O5. The first-order chi connectivity index (χ1) is 9.73. The maximum Gasteiger partial charge on any atom is 0.319 e. The molecule has 21 heavy (non-hydrogen) atoms. The molecule has 0 aromatic heterocycles. The number of benzene rings is 1. The molecule has 0 saturated carbocycles. The number of rotatable bonds is 6. The van der Waals surface area contributed by atoms with Crippen molar-refractivity contribution in [3.05, 3.63) is 22.7 Å². The van der Waals surface area contributed by atoms with Crippen LogP contribution in [0, 0.1) is 0 Å². The van der Waals surface area contributed by atoms with Crippen molar-refractivity contribution in [2.75, 3.05) is 19.0 Å². The van der Waals surface area contributed by atoms with Crippen LogP contribution in [-0.2, 0) is 4.79 Å². The van der Waals surface area contributed by atoms with Crippen LogP contribution >= 0.6 is 15.9 Å². The fourth-order valence-electron chi connectivity index (χ4n) is 1.58. The number of hydrogen-bond acceptors (Lipinski definition) is 4. The summed E-state index contributed by atoms with van der Waals surface area (Å²) >= 11 is 3.29. The maximum absolute atomic E-state index is 11.7. The summed E-state index contributed by atoms with van der Waals surface area (Å²) in [5.41, 5.74) is -0.984. The van der Waals surface area contributed by atoms with Gasteiger partial charge in [0, 0.05) is 12.2 Å². The minimum atomic E-state index is -1.51. The lowest BCUT2D eigenvalue weighted by Crippen LogP contribution is -2.43. The van der Waals surface area contributed by atoms with Crippen molar-refractivity contribution in [2.45, 2.75) is 18.9 Å². The molecule has 2 amide bonds. The molecule has 0 radical (unpaired) electrons. The molecule has 0 aliphatic heterocycles. The van der Waals surface area contributed by atoms with Gasteiger partial charge in [0.25, 0.3) is 0 Å². The van der Waals surface area contributed by atoms with Gasteiger partial charge < -0.3 is 25.6 Å². The second-order valence-corrected chi connectivity index (χ2v) is 5.58. The molecule has 1 aromatic rings. The first-order valence-electron chi connectivity index (χ1n) is 6.06. The van der Waals surface area contributed by atoms with Crippen molar-refractivity contribution in [1.29, 1.82) is 0 Å². The number of aliphatic carboxylic acids is 1. The molecule has 8 heteroatoms. The Labute approximate surface area is 130 Å². The number of anilines is 1. The third-order valence-electron chi connectivity index (χ3n) is 2.57. The fraction of sp³-hybridized carbons (Fsp3) is 0.385. The predicted octanol–water partition coefficient (Wildman–Crippen LogP) is 1.80. The Kier molecular flexibility index (Phi) is 5.98. The second-order valence-electron chi connectivity index (χ2n) is 4.72. The van der Waals surface area contributed by atoms with Crippen LogP contribution in [0.15, 0.2) is 22.7 Å². The molecule has 4 N–H and O–H groups in total. The summed E-state index contributed by atoms with van der Waals surface area (Å²) in [5, 5.41) is 23.4. The van der Waals surface area contributed by atoms with Crippen LogP contribution in [0.4, 0.5) is 10.5 Å². The van der Waals surface area contributed by atoms with E-state index in [-0.39, 0.29) is 6.54 Å². The molecule has 0 aliphatic rings. The summed E-state index contributed by atoms with van der Waals surface area (Å²) in [6, 6.07) is 4.45. The van der Waals surface area contributed by atoms with Crippen LogP contribution in [-0.4, -0.2) is 41.5 Å². The number of carboxylic acids is 1. The summed E-state index contributed by atoms with van der Waals surface area (Å²) < 4.78 is 5.75. The number of halogens is 1. The minimum absolute atomic E-state index is 0.178. The monoisotopic (exact) mass is 360 g/mol. The van der Waals surface area contributed by atoms with Crippen molar-refractivity contribution < 1.29 is 24.5 Å². The molecule has 0 spiro atoms. The van der Waals surface area contributed by atoms with E-state index in [0.29, 0.717) is 15.9 Å². The van der Waals surface area contributed by atoms with Crippen LogP contribution in [0.3, 0.4) is 0 Å². The van der Waals surface area contributed by atoms with Gasteiger partial charge in [-0.3, -0.25) is 4.79 Å². The quantitative estimate of drug-likeness (QED) is 0.618. The standard InChI is InChI=1S/C13H17BrN2O5/c1-13(20,6-11(17)18)7-15-12(19)16-8-3-4-10(21-2)9(14)5-8/h3-5,20H,6-7H2,1-2H3,(H,17,18)(H2,15,16,19). The number of ether oxygens (including phenoxy) is 1. The number of carbonyl (C=O) groups excluding carboxylic acids is 1. The first-order valence-corrected chi connectivity index (χ1v) is 6.85. The third-order valence-corrected chi connectivity index (χ3v) is 3.19. The van der Waals surface area contributed by atoms with Crippen molar-refractivity contribution in [2.24, 2.45) is 0 Å². The molecule has 116 valence electrons. The average Bonchev–Trinajstić information content (AvgIpc) is 2.35. The molecule has 0 fully saturated rings. The van der Waals surface area contributed by atoms with Crippen LogP contribution in [0.2, 0.25) is 0 Å². The highest BCUT2D eigenvalue weighted by Crippen LogP contribution is 2.27. The van der Waals surface area contributed by atoms with E-state index in [1.54, 1.807) is 18.2 Å². The SMILES string of the molecule is COc1ccc(NC(=O)NCC(C)(O)CC(=O)O)cc1Br. The number of carbonyl (C=O) groups is 2. The lowest BCUT2D eigenvalue weighted by atomic mass is 10.0. The molecule has 0 bridgehead atoms. The minimum Gasteiger partial charge on any atom is -0.496 e. The zero-order valence-corrected chi connectivity index (χ0v) is 13.2. The smallest absolute Gasteiger partial charge is 0.319 e. The van der Waals surface area contributed by atoms with Gasteiger partial charge in [0.1, 0.15) is 5.75 Å². The first kappa shape index (κ1) is 17.3. The van der Waals surface area contributed by atoms with Gasteiger partial charge in [-0.05, 0) is 41.1 Å². The van der Waals surface area contributed by atoms with E-state index in [2.05, 4.69) is 26.6 Å². The number of nitrogens with one attached hydrogen (secondary N) is 2.